The van der Waals surface area contributed by atoms with Crippen LogP contribution in [-0.4, -0.2) is 16.5 Å². The van der Waals surface area contributed by atoms with Crippen molar-refractivity contribution >= 4 is 33.6 Å². The first-order chi connectivity index (χ1) is 9.74. The quantitative estimate of drug-likeness (QED) is 0.772. The molecule has 0 aliphatic heterocycles. The zero-order chi connectivity index (χ0) is 13.9. The normalized spacial score (nSPS) is 10.8. The lowest BCUT2D eigenvalue weighted by molar-refractivity contribution is 0.970. The van der Waals surface area contributed by atoms with Crippen molar-refractivity contribution in [2.75, 3.05) is 17.6 Å². The predicted octanol–water partition coefficient (Wildman–Crippen LogP) is 3.24. The number of rotatable bonds is 4. The number of nitrogens with two attached hydrogens (primary N) is 1. The lowest BCUT2D eigenvalue weighted by Gasteiger charge is -2.11. The predicted molar refractivity (Wildman–Crippen MR) is 85.2 cm³/mol. The van der Waals surface area contributed by atoms with Gasteiger partial charge in [-0.05, 0) is 13.0 Å². The Morgan fingerprint density at radius 3 is 2.95 bits per heavy atom. The largest absolute Gasteiger partial charge is 0.396 e. The van der Waals surface area contributed by atoms with E-state index in [-0.39, 0.29) is 0 Å². The van der Waals surface area contributed by atoms with Gasteiger partial charge in [0.05, 0.1) is 33.8 Å². The minimum atomic E-state index is 0.679. The number of aryl methyl sites for hydroxylation is 1. The summed E-state index contributed by atoms with van der Waals surface area (Å²) in [5.74, 6) is 0. The molecule has 3 N–H and O–H groups in total. The third kappa shape index (κ3) is 2.58. The van der Waals surface area contributed by atoms with Gasteiger partial charge in [0.25, 0.3) is 0 Å². The molecule has 3 aromatic rings. The molecule has 0 bridgehead atoms. The van der Waals surface area contributed by atoms with Crippen LogP contribution in [0, 0.1) is 6.92 Å². The van der Waals surface area contributed by atoms with E-state index in [2.05, 4.69) is 20.7 Å². The molecule has 0 aliphatic rings. The highest BCUT2D eigenvalue weighted by Crippen LogP contribution is 2.27. The van der Waals surface area contributed by atoms with Crippen LogP contribution in [0.25, 0.3) is 10.9 Å². The van der Waals surface area contributed by atoms with Crippen LogP contribution in [0.4, 0.5) is 11.4 Å². The van der Waals surface area contributed by atoms with Gasteiger partial charge >= 0.3 is 0 Å². The minimum Gasteiger partial charge on any atom is -0.396 e. The van der Waals surface area contributed by atoms with Gasteiger partial charge < -0.3 is 11.1 Å². The van der Waals surface area contributed by atoms with Crippen LogP contribution in [0.5, 0.6) is 0 Å². The van der Waals surface area contributed by atoms with Gasteiger partial charge in [-0.2, -0.15) is 0 Å². The standard InChI is InChI=1S/C15H16N4S/c1-10-19-11(9-20-10)6-7-17-15-12-4-2-3-5-14(12)18-8-13(15)16/h2-5,8-9H,6-7,16H2,1H3,(H,17,18). The molecule has 5 heteroatoms. The maximum atomic E-state index is 6.03. The molecule has 0 unspecified atom stereocenters. The van der Waals surface area contributed by atoms with E-state index in [1.54, 1.807) is 17.5 Å². The topological polar surface area (TPSA) is 63.8 Å². The third-order valence-electron chi connectivity index (χ3n) is 3.15. The lowest BCUT2D eigenvalue weighted by Crippen LogP contribution is -2.08. The summed E-state index contributed by atoms with van der Waals surface area (Å²) < 4.78 is 0. The molecular formula is C15H16N4S. The monoisotopic (exact) mass is 284 g/mol. The Morgan fingerprint density at radius 2 is 2.15 bits per heavy atom. The molecule has 0 atom stereocenters. The maximum Gasteiger partial charge on any atom is 0.0897 e. The zero-order valence-corrected chi connectivity index (χ0v) is 12.1. The van der Waals surface area contributed by atoms with Gasteiger partial charge in [-0.15, -0.1) is 11.3 Å². The first-order valence-corrected chi connectivity index (χ1v) is 7.40. The number of thiazole rings is 1. The molecule has 2 heterocycles. The average molecular weight is 284 g/mol. The highest BCUT2D eigenvalue weighted by atomic mass is 32.1. The molecule has 0 saturated carbocycles. The van der Waals surface area contributed by atoms with E-state index < -0.39 is 0 Å². The summed E-state index contributed by atoms with van der Waals surface area (Å²) in [6, 6.07) is 8.00. The van der Waals surface area contributed by atoms with Gasteiger partial charge in [0.2, 0.25) is 0 Å². The molecule has 4 nitrogen and oxygen atoms in total. The summed E-state index contributed by atoms with van der Waals surface area (Å²) in [5, 5.41) is 7.68. The van der Waals surface area contributed by atoms with Crippen molar-refractivity contribution < 1.29 is 0 Å². The van der Waals surface area contributed by atoms with E-state index in [0.29, 0.717) is 5.69 Å². The summed E-state index contributed by atoms with van der Waals surface area (Å²) in [6.07, 6.45) is 2.60. The maximum absolute atomic E-state index is 6.03. The number of nitrogen functional groups attached to an aromatic ring is 1. The molecule has 0 spiro atoms. The minimum absolute atomic E-state index is 0.679. The fourth-order valence-electron chi connectivity index (χ4n) is 2.19. The van der Waals surface area contributed by atoms with Gasteiger partial charge in [0.1, 0.15) is 0 Å². The Bertz CT molecular complexity index is 736. The smallest absolute Gasteiger partial charge is 0.0897 e. The highest BCUT2D eigenvalue weighted by molar-refractivity contribution is 7.09. The number of pyridine rings is 1. The van der Waals surface area contributed by atoms with Gasteiger partial charge in [-0.1, -0.05) is 18.2 Å². The second kappa shape index (κ2) is 5.46. The van der Waals surface area contributed by atoms with Crippen molar-refractivity contribution in [3.63, 3.8) is 0 Å². The molecule has 0 fully saturated rings. The van der Waals surface area contributed by atoms with E-state index in [4.69, 9.17) is 5.73 Å². The summed E-state index contributed by atoms with van der Waals surface area (Å²) in [6.45, 7) is 2.83. The molecule has 0 amide bonds. The van der Waals surface area contributed by atoms with Crippen LogP contribution in [0.1, 0.15) is 10.7 Å². The number of nitrogens with zero attached hydrogens (tertiary/aromatic N) is 2. The zero-order valence-electron chi connectivity index (χ0n) is 11.3. The second-order valence-electron chi connectivity index (χ2n) is 4.64. The van der Waals surface area contributed by atoms with Gasteiger partial charge in [-0.3, -0.25) is 4.98 Å². The first-order valence-electron chi connectivity index (χ1n) is 6.52. The average Bonchev–Trinajstić information content (AvgIpc) is 2.87. The molecule has 3 rings (SSSR count). The molecule has 102 valence electrons. The van der Waals surface area contributed by atoms with Crippen molar-refractivity contribution in [3.05, 3.63) is 46.5 Å². The van der Waals surface area contributed by atoms with E-state index in [1.807, 2.05) is 31.2 Å². The third-order valence-corrected chi connectivity index (χ3v) is 3.98. The van der Waals surface area contributed by atoms with E-state index in [1.165, 1.54) is 0 Å². The fourth-order valence-corrected chi connectivity index (χ4v) is 2.84. The number of fused-ring (bicyclic) bond motifs is 1. The van der Waals surface area contributed by atoms with Crippen molar-refractivity contribution in [2.24, 2.45) is 0 Å². The van der Waals surface area contributed by atoms with E-state index in [0.717, 1.165) is 40.3 Å². The van der Waals surface area contributed by atoms with E-state index in [9.17, 15) is 0 Å². The van der Waals surface area contributed by atoms with Crippen LogP contribution >= 0.6 is 11.3 Å². The van der Waals surface area contributed by atoms with Crippen LogP contribution in [0.15, 0.2) is 35.8 Å². The SMILES string of the molecule is Cc1nc(CCNc2c(N)cnc3ccccc23)cs1. The number of aromatic nitrogens is 2. The lowest BCUT2D eigenvalue weighted by atomic mass is 10.1. The van der Waals surface area contributed by atoms with Crippen LogP contribution in [0.3, 0.4) is 0 Å². The molecule has 0 radical (unpaired) electrons. The Morgan fingerprint density at radius 1 is 1.30 bits per heavy atom. The summed E-state index contributed by atoms with van der Waals surface area (Å²) in [4.78, 5) is 8.80. The molecule has 1 aromatic carbocycles. The second-order valence-corrected chi connectivity index (χ2v) is 5.70. The van der Waals surface area contributed by atoms with Crippen LogP contribution in [-0.2, 0) is 6.42 Å². The van der Waals surface area contributed by atoms with Crippen LogP contribution in [0.2, 0.25) is 0 Å². The molecule has 2 aromatic heterocycles. The van der Waals surface area contributed by atoms with Gasteiger partial charge in [0, 0.05) is 23.7 Å². The van der Waals surface area contributed by atoms with Gasteiger partial charge in [0.15, 0.2) is 0 Å². The van der Waals surface area contributed by atoms with Crippen molar-refractivity contribution in [1.29, 1.82) is 0 Å². The number of hydrogen-bond donors (Lipinski definition) is 2. The number of benzene rings is 1. The van der Waals surface area contributed by atoms with Crippen molar-refractivity contribution in [2.45, 2.75) is 13.3 Å². The highest BCUT2D eigenvalue weighted by Gasteiger charge is 2.06. The first kappa shape index (κ1) is 12.9. The Kier molecular flexibility index (Phi) is 3.52. The summed E-state index contributed by atoms with van der Waals surface area (Å²) in [5.41, 5.74) is 9.75. The molecule has 20 heavy (non-hydrogen) atoms. The molecule has 0 saturated heterocycles. The fraction of sp³-hybridized carbons (Fsp3) is 0.200. The molecule has 0 aliphatic carbocycles. The number of hydrogen-bond acceptors (Lipinski definition) is 5. The number of nitrogens with one attached hydrogen (secondary N) is 1. The Balaban J connectivity index is 1.78. The van der Waals surface area contributed by atoms with Gasteiger partial charge in [-0.25, -0.2) is 4.98 Å². The Labute approximate surface area is 121 Å². The van der Waals surface area contributed by atoms with E-state index >= 15 is 0 Å². The number of para-hydroxylation sites is 1. The van der Waals surface area contributed by atoms with Crippen molar-refractivity contribution in [1.82, 2.24) is 9.97 Å². The summed E-state index contributed by atoms with van der Waals surface area (Å²) >= 11 is 1.68. The molecular weight excluding hydrogens is 268 g/mol. The number of anilines is 2. The summed E-state index contributed by atoms with van der Waals surface area (Å²) in [7, 11) is 0. The Hall–Kier alpha value is -2.14. The van der Waals surface area contributed by atoms with Crippen molar-refractivity contribution in [3.8, 4) is 0 Å². The van der Waals surface area contributed by atoms with Crippen LogP contribution < -0.4 is 11.1 Å².